The molecule has 2 rings (SSSR count). The topological polar surface area (TPSA) is 79.3 Å². The van der Waals surface area contributed by atoms with Crippen molar-refractivity contribution in [2.24, 2.45) is 0 Å². The molecule has 4 nitrogen and oxygen atoms in total. The lowest BCUT2D eigenvalue weighted by Crippen LogP contribution is -1.97. The van der Waals surface area contributed by atoms with Crippen molar-refractivity contribution in [1.29, 1.82) is 5.26 Å². The molecule has 0 fully saturated rings. The van der Waals surface area contributed by atoms with E-state index in [4.69, 9.17) is 20.8 Å². The van der Waals surface area contributed by atoms with Crippen molar-refractivity contribution in [3.8, 4) is 17.6 Å². The minimum absolute atomic E-state index is 0.0588. The standard InChI is InChI=1S/C15H14N2O2/c16-10-11-5-6-15(13(17)9-11)19-14-4-2-1-3-12(14)7-8-18/h1-6,9,18H,7-8,17H2. The molecule has 0 amide bonds. The van der Waals surface area contributed by atoms with Crippen LogP contribution in [0.2, 0.25) is 0 Å². The Morgan fingerprint density at radius 1 is 1.16 bits per heavy atom. The highest BCUT2D eigenvalue weighted by atomic mass is 16.5. The van der Waals surface area contributed by atoms with Crippen LogP contribution in [-0.4, -0.2) is 11.7 Å². The lowest BCUT2D eigenvalue weighted by atomic mass is 10.1. The summed E-state index contributed by atoms with van der Waals surface area (Å²) in [5.41, 5.74) is 7.66. The quantitative estimate of drug-likeness (QED) is 0.821. The fraction of sp³-hybridized carbons (Fsp3) is 0.133. The van der Waals surface area contributed by atoms with Crippen molar-refractivity contribution in [3.05, 3.63) is 53.6 Å². The molecule has 0 saturated heterocycles. The van der Waals surface area contributed by atoms with E-state index < -0.39 is 0 Å². The van der Waals surface area contributed by atoms with Crippen LogP contribution in [0.3, 0.4) is 0 Å². The first-order valence-corrected chi connectivity index (χ1v) is 5.91. The molecule has 0 spiro atoms. The normalized spacial score (nSPS) is 9.89. The molecule has 0 saturated carbocycles. The Morgan fingerprint density at radius 3 is 2.63 bits per heavy atom. The number of aliphatic hydroxyl groups excluding tert-OH is 1. The Labute approximate surface area is 111 Å². The molecule has 19 heavy (non-hydrogen) atoms. The number of nitriles is 1. The molecule has 0 aliphatic rings. The number of para-hydroxylation sites is 1. The van der Waals surface area contributed by atoms with E-state index in [1.807, 2.05) is 30.3 Å². The molecule has 3 N–H and O–H groups in total. The van der Waals surface area contributed by atoms with Crippen molar-refractivity contribution >= 4 is 5.69 Å². The molecular formula is C15H14N2O2. The van der Waals surface area contributed by atoms with Crippen molar-refractivity contribution < 1.29 is 9.84 Å². The molecule has 2 aromatic rings. The van der Waals surface area contributed by atoms with Gasteiger partial charge in [0.25, 0.3) is 0 Å². The smallest absolute Gasteiger partial charge is 0.150 e. The fourth-order valence-corrected chi connectivity index (χ4v) is 1.76. The zero-order valence-corrected chi connectivity index (χ0v) is 10.3. The lowest BCUT2D eigenvalue weighted by Gasteiger charge is -2.12. The van der Waals surface area contributed by atoms with Gasteiger partial charge in [0.15, 0.2) is 0 Å². The maximum atomic E-state index is 9.02. The minimum atomic E-state index is 0.0588. The Bertz CT molecular complexity index is 618. The second-order valence-corrected chi connectivity index (χ2v) is 4.05. The zero-order chi connectivity index (χ0) is 13.7. The number of hydrogen-bond acceptors (Lipinski definition) is 4. The Hall–Kier alpha value is -2.51. The van der Waals surface area contributed by atoms with Crippen LogP contribution < -0.4 is 10.5 Å². The molecule has 0 aliphatic carbocycles. The van der Waals surface area contributed by atoms with E-state index in [-0.39, 0.29) is 6.61 Å². The highest BCUT2D eigenvalue weighted by Crippen LogP contribution is 2.30. The SMILES string of the molecule is N#Cc1ccc(Oc2ccccc2CCO)c(N)c1. The number of nitrogens with two attached hydrogens (primary N) is 1. The summed E-state index contributed by atoms with van der Waals surface area (Å²) in [5, 5.41) is 17.8. The third-order valence-electron chi connectivity index (χ3n) is 2.71. The van der Waals surface area contributed by atoms with Gasteiger partial charge in [-0.3, -0.25) is 0 Å². The molecule has 0 aromatic heterocycles. The van der Waals surface area contributed by atoms with Crippen molar-refractivity contribution in [1.82, 2.24) is 0 Å². The predicted molar refractivity (Wildman–Crippen MR) is 72.9 cm³/mol. The average Bonchev–Trinajstić information content (AvgIpc) is 2.43. The third-order valence-corrected chi connectivity index (χ3v) is 2.71. The Kier molecular flexibility index (Phi) is 4.01. The van der Waals surface area contributed by atoms with Gasteiger partial charge in [-0.05, 0) is 36.2 Å². The number of anilines is 1. The van der Waals surface area contributed by atoms with Gasteiger partial charge in [-0.1, -0.05) is 18.2 Å². The van der Waals surface area contributed by atoms with Gasteiger partial charge >= 0.3 is 0 Å². The van der Waals surface area contributed by atoms with Crippen LogP contribution in [0.15, 0.2) is 42.5 Å². The summed E-state index contributed by atoms with van der Waals surface area (Å²) < 4.78 is 5.75. The molecule has 4 heteroatoms. The Balaban J connectivity index is 2.29. The zero-order valence-electron chi connectivity index (χ0n) is 10.3. The summed E-state index contributed by atoms with van der Waals surface area (Å²) in [4.78, 5) is 0. The maximum Gasteiger partial charge on any atom is 0.150 e. The van der Waals surface area contributed by atoms with Gasteiger partial charge in [-0.25, -0.2) is 0 Å². The van der Waals surface area contributed by atoms with E-state index in [1.54, 1.807) is 18.2 Å². The van der Waals surface area contributed by atoms with Gasteiger partial charge in [-0.15, -0.1) is 0 Å². The number of nitrogen functional groups attached to an aromatic ring is 1. The molecule has 0 bridgehead atoms. The predicted octanol–water partition coefficient (Wildman–Crippen LogP) is 2.47. The lowest BCUT2D eigenvalue weighted by molar-refractivity contribution is 0.298. The molecule has 96 valence electrons. The Morgan fingerprint density at radius 2 is 1.95 bits per heavy atom. The number of ether oxygens (including phenoxy) is 1. The minimum Gasteiger partial charge on any atom is -0.455 e. The third kappa shape index (κ3) is 3.03. The summed E-state index contributed by atoms with van der Waals surface area (Å²) in [6.45, 7) is 0.0588. The molecule has 0 atom stereocenters. The number of benzene rings is 2. The van der Waals surface area contributed by atoms with Crippen molar-refractivity contribution in [2.45, 2.75) is 6.42 Å². The number of rotatable bonds is 4. The van der Waals surface area contributed by atoms with E-state index in [1.165, 1.54) is 0 Å². The summed E-state index contributed by atoms with van der Waals surface area (Å²) in [6.07, 6.45) is 0.520. The van der Waals surface area contributed by atoms with Crippen LogP contribution in [-0.2, 0) is 6.42 Å². The van der Waals surface area contributed by atoms with E-state index in [0.717, 1.165) is 5.56 Å². The van der Waals surface area contributed by atoms with Gasteiger partial charge < -0.3 is 15.6 Å². The van der Waals surface area contributed by atoms with Crippen LogP contribution in [0.25, 0.3) is 0 Å². The molecule has 2 aromatic carbocycles. The van der Waals surface area contributed by atoms with Crippen molar-refractivity contribution in [2.75, 3.05) is 12.3 Å². The van der Waals surface area contributed by atoms with E-state index >= 15 is 0 Å². The average molecular weight is 254 g/mol. The largest absolute Gasteiger partial charge is 0.455 e. The van der Waals surface area contributed by atoms with Gasteiger partial charge in [0.1, 0.15) is 11.5 Å². The summed E-state index contributed by atoms with van der Waals surface area (Å²) in [5.74, 6) is 1.16. The second-order valence-electron chi connectivity index (χ2n) is 4.05. The van der Waals surface area contributed by atoms with Crippen molar-refractivity contribution in [3.63, 3.8) is 0 Å². The monoisotopic (exact) mass is 254 g/mol. The summed E-state index contributed by atoms with van der Waals surface area (Å²) in [7, 11) is 0. The molecule has 0 radical (unpaired) electrons. The first kappa shape index (κ1) is 12.9. The highest BCUT2D eigenvalue weighted by Gasteiger charge is 2.07. The van der Waals surface area contributed by atoms with Crippen LogP contribution in [0.4, 0.5) is 5.69 Å². The van der Waals surface area contributed by atoms with E-state index in [2.05, 4.69) is 0 Å². The first-order valence-electron chi connectivity index (χ1n) is 5.91. The second kappa shape index (κ2) is 5.89. The molecule has 0 unspecified atom stereocenters. The summed E-state index contributed by atoms with van der Waals surface area (Å²) in [6, 6.07) is 14.4. The number of hydrogen-bond donors (Lipinski definition) is 2. The summed E-state index contributed by atoms with van der Waals surface area (Å²) >= 11 is 0. The molecule has 0 aliphatic heterocycles. The molecule has 0 heterocycles. The number of aliphatic hydroxyl groups is 1. The number of nitrogens with zero attached hydrogens (tertiary/aromatic N) is 1. The van der Waals surface area contributed by atoms with Gasteiger partial charge in [0.05, 0.1) is 17.3 Å². The highest BCUT2D eigenvalue weighted by molar-refractivity contribution is 5.58. The maximum absolute atomic E-state index is 9.02. The van der Waals surface area contributed by atoms with E-state index in [9.17, 15) is 0 Å². The van der Waals surface area contributed by atoms with Gasteiger partial charge in [0, 0.05) is 6.61 Å². The van der Waals surface area contributed by atoms with Crippen LogP contribution in [0.5, 0.6) is 11.5 Å². The first-order chi connectivity index (χ1) is 9.24. The van der Waals surface area contributed by atoms with Crippen LogP contribution in [0, 0.1) is 11.3 Å². The van der Waals surface area contributed by atoms with Gasteiger partial charge in [-0.2, -0.15) is 5.26 Å². The fourth-order valence-electron chi connectivity index (χ4n) is 1.76. The van der Waals surface area contributed by atoms with Gasteiger partial charge in [0.2, 0.25) is 0 Å². The molecular weight excluding hydrogens is 240 g/mol. The van der Waals surface area contributed by atoms with E-state index in [0.29, 0.717) is 29.2 Å². The van der Waals surface area contributed by atoms with Crippen LogP contribution >= 0.6 is 0 Å². The van der Waals surface area contributed by atoms with Crippen LogP contribution in [0.1, 0.15) is 11.1 Å².